The minimum atomic E-state index is -5.08. The Morgan fingerprint density at radius 1 is 1.34 bits per heavy atom. The van der Waals surface area contributed by atoms with Gasteiger partial charge in [0.05, 0.1) is 7.11 Å². The van der Waals surface area contributed by atoms with Gasteiger partial charge in [0, 0.05) is 36.4 Å². The Morgan fingerprint density at radius 3 is 2.52 bits per heavy atom. The molecule has 0 bridgehead atoms. The van der Waals surface area contributed by atoms with Gasteiger partial charge in [0.1, 0.15) is 11.7 Å². The number of pyridine rings is 1. The fraction of sp³-hybridized carbons (Fsp3) is 0.333. The number of rotatable bonds is 4. The van der Waals surface area contributed by atoms with Crippen LogP contribution in [0.5, 0.6) is 5.75 Å². The summed E-state index contributed by atoms with van der Waals surface area (Å²) < 4.78 is 37.2. The molecule has 156 valence electrons. The average molecular weight is 413 g/mol. The van der Waals surface area contributed by atoms with Crippen molar-refractivity contribution in [2.75, 3.05) is 13.7 Å². The summed E-state index contributed by atoms with van der Waals surface area (Å²) in [4.78, 5) is 38.1. The number of ether oxygens (including phenoxy) is 1. The number of nitrogens with two attached hydrogens (primary N) is 1. The standard InChI is InChI=1S/C16H17N3O3.C2HF3O2/c1-22-14-7-10-2-4-18-8-11(10)6-12(14)9-19-5-3-13(15(17)20)16(19)21;3-2(4,5)1(6)7/h2,4,6-8,13H,3,5,9H2,1H3,(H2,17,20);(H,6,7)/t13-;/m0./s1. The summed E-state index contributed by atoms with van der Waals surface area (Å²) in [7, 11) is 1.60. The van der Waals surface area contributed by atoms with Crippen molar-refractivity contribution in [2.24, 2.45) is 11.7 Å². The third kappa shape index (κ3) is 5.33. The van der Waals surface area contributed by atoms with Gasteiger partial charge >= 0.3 is 12.1 Å². The van der Waals surface area contributed by atoms with Crippen molar-refractivity contribution in [3.63, 3.8) is 0 Å². The van der Waals surface area contributed by atoms with Crippen LogP contribution >= 0.6 is 0 Å². The van der Waals surface area contributed by atoms with E-state index in [1.807, 2.05) is 18.2 Å². The number of benzene rings is 1. The Bertz CT molecular complexity index is 933. The molecule has 1 saturated heterocycles. The minimum Gasteiger partial charge on any atom is -0.496 e. The smallest absolute Gasteiger partial charge is 0.490 e. The number of halogens is 3. The van der Waals surface area contributed by atoms with Gasteiger partial charge in [0.2, 0.25) is 11.8 Å². The maximum absolute atomic E-state index is 12.2. The zero-order chi connectivity index (χ0) is 21.8. The molecule has 2 amide bonds. The quantitative estimate of drug-likeness (QED) is 0.736. The van der Waals surface area contributed by atoms with E-state index >= 15 is 0 Å². The lowest BCUT2D eigenvalue weighted by Crippen LogP contribution is -2.33. The number of hydrogen-bond donors (Lipinski definition) is 2. The number of fused-ring (bicyclic) bond motifs is 1. The van der Waals surface area contributed by atoms with Gasteiger partial charge in [0.15, 0.2) is 0 Å². The van der Waals surface area contributed by atoms with Gasteiger partial charge in [-0.3, -0.25) is 14.6 Å². The van der Waals surface area contributed by atoms with E-state index in [4.69, 9.17) is 20.4 Å². The summed E-state index contributed by atoms with van der Waals surface area (Å²) in [6.07, 6.45) is -1.11. The number of alkyl halides is 3. The number of carbonyl (C=O) groups excluding carboxylic acids is 2. The Balaban J connectivity index is 0.000000370. The molecule has 0 saturated carbocycles. The van der Waals surface area contributed by atoms with Gasteiger partial charge in [-0.1, -0.05) is 0 Å². The number of likely N-dealkylation sites (tertiary alicyclic amines) is 1. The monoisotopic (exact) mass is 413 g/mol. The van der Waals surface area contributed by atoms with Crippen molar-refractivity contribution >= 4 is 28.6 Å². The molecule has 8 nitrogen and oxygen atoms in total. The second-order valence-corrected chi connectivity index (χ2v) is 6.19. The molecule has 0 spiro atoms. The number of aromatic nitrogens is 1. The molecule has 3 rings (SSSR count). The van der Waals surface area contributed by atoms with E-state index in [1.54, 1.807) is 24.4 Å². The normalized spacial score (nSPS) is 16.3. The molecular formula is C18H18F3N3O5. The van der Waals surface area contributed by atoms with Crippen LogP contribution in [0.1, 0.15) is 12.0 Å². The van der Waals surface area contributed by atoms with E-state index in [-0.39, 0.29) is 5.91 Å². The third-order valence-corrected chi connectivity index (χ3v) is 4.28. The molecule has 1 aliphatic rings. The van der Waals surface area contributed by atoms with E-state index in [0.717, 1.165) is 16.3 Å². The Hall–Kier alpha value is -3.37. The van der Waals surface area contributed by atoms with Crippen LogP contribution in [0, 0.1) is 5.92 Å². The number of aliphatic carboxylic acids is 1. The molecule has 0 radical (unpaired) electrons. The molecule has 11 heteroatoms. The fourth-order valence-corrected chi connectivity index (χ4v) is 2.84. The second kappa shape index (κ2) is 8.76. The summed E-state index contributed by atoms with van der Waals surface area (Å²) in [5, 5.41) is 9.13. The van der Waals surface area contributed by atoms with Crippen molar-refractivity contribution in [3.8, 4) is 5.75 Å². The number of primary amides is 1. The lowest BCUT2D eigenvalue weighted by molar-refractivity contribution is -0.192. The largest absolute Gasteiger partial charge is 0.496 e. The average Bonchev–Trinajstić information content (AvgIpc) is 3.01. The number of methoxy groups -OCH3 is 1. The molecule has 0 unspecified atom stereocenters. The van der Waals surface area contributed by atoms with Crippen LogP contribution < -0.4 is 10.5 Å². The molecule has 1 aromatic carbocycles. The number of carbonyl (C=O) groups is 3. The highest BCUT2D eigenvalue weighted by molar-refractivity contribution is 6.01. The summed E-state index contributed by atoms with van der Waals surface area (Å²) in [5.41, 5.74) is 6.15. The molecule has 29 heavy (non-hydrogen) atoms. The number of amides is 2. The molecule has 1 atom stereocenters. The first-order valence-electron chi connectivity index (χ1n) is 8.33. The van der Waals surface area contributed by atoms with Gasteiger partial charge in [-0.25, -0.2) is 4.79 Å². The van der Waals surface area contributed by atoms with E-state index in [9.17, 15) is 22.8 Å². The highest BCUT2D eigenvalue weighted by atomic mass is 19.4. The van der Waals surface area contributed by atoms with Crippen LogP contribution in [0.2, 0.25) is 0 Å². The zero-order valence-corrected chi connectivity index (χ0v) is 15.3. The van der Waals surface area contributed by atoms with Crippen LogP contribution in [-0.4, -0.2) is 52.6 Å². The van der Waals surface area contributed by atoms with Gasteiger partial charge in [-0.2, -0.15) is 13.2 Å². The maximum Gasteiger partial charge on any atom is 0.490 e. The third-order valence-electron chi connectivity index (χ3n) is 4.28. The van der Waals surface area contributed by atoms with Crippen LogP contribution in [0.15, 0.2) is 30.6 Å². The first-order valence-corrected chi connectivity index (χ1v) is 8.33. The van der Waals surface area contributed by atoms with Gasteiger partial charge in [-0.05, 0) is 30.0 Å². The van der Waals surface area contributed by atoms with Crippen molar-refractivity contribution < 1.29 is 37.4 Å². The molecular weight excluding hydrogens is 395 g/mol. The van der Waals surface area contributed by atoms with Crippen LogP contribution in [0.3, 0.4) is 0 Å². The van der Waals surface area contributed by atoms with Crippen LogP contribution in [0.25, 0.3) is 10.8 Å². The first kappa shape index (κ1) is 21.9. The lowest BCUT2D eigenvalue weighted by atomic mass is 10.1. The van der Waals surface area contributed by atoms with Crippen molar-refractivity contribution in [1.82, 2.24) is 9.88 Å². The Morgan fingerprint density at radius 2 is 2.00 bits per heavy atom. The van der Waals surface area contributed by atoms with Gasteiger partial charge < -0.3 is 20.5 Å². The predicted molar refractivity (Wildman–Crippen MR) is 94.7 cm³/mol. The SMILES string of the molecule is COc1cc2ccncc2cc1CN1CC[C@@H](C(N)=O)C1=O.O=C(O)C(F)(F)F. The molecule has 1 aromatic heterocycles. The van der Waals surface area contributed by atoms with Crippen molar-refractivity contribution in [2.45, 2.75) is 19.1 Å². The fourth-order valence-electron chi connectivity index (χ4n) is 2.84. The molecule has 3 N–H and O–H groups in total. The number of carboxylic acids is 1. The van der Waals surface area contributed by atoms with Crippen molar-refractivity contribution in [3.05, 3.63) is 36.2 Å². The number of hydrogen-bond acceptors (Lipinski definition) is 5. The molecule has 0 aliphatic carbocycles. The Labute approximate surface area is 163 Å². The van der Waals surface area contributed by atoms with Crippen LogP contribution in [0.4, 0.5) is 13.2 Å². The van der Waals surface area contributed by atoms with E-state index in [2.05, 4.69) is 4.98 Å². The molecule has 2 heterocycles. The maximum atomic E-state index is 12.2. The molecule has 2 aromatic rings. The summed E-state index contributed by atoms with van der Waals surface area (Å²) in [6.45, 7) is 0.928. The predicted octanol–water partition coefficient (Wildman–Crippen LogP) is 1.71. The highest BCUT2D eigenvalue weighted by Crippen LogP contribution is 2.28. The first-order chi connectivity index (χ1) is 13.5. The zero-order valence-electron chi connectivity index (χ0n) is 15.3. The number of carboxylic acid groups (broad SMARTS) is 1. The summed E-state index contributed by atoms with van der Waals surface area (Å²) in [6, 6.07) is 5.80. The Kier molecular flexibility index (Phi) is 6.62. The topological polar surface area (TPSA) is 123 Å². The second-order valence-electron chi connectivity index (χ2n) is 6.19. The minimum absolute atomic E-state index is 0.208. The van der Waals surface area contributed by atoms with E-state index in [0.29, 0.717) is 25.3 Å². The van der Waals surface area contributed by atoms with Crippen LogP contribution in [-0.2, 0) is 20.9 Å². The number of nitrogens with zero attached hydrogens (tertiary/aromatic N) is 2. The van der Waals surface area contributed by atoms with Crippen molar-refractivity contribution in [1.29, 1.82) is 0 Å². The summed E-state index contributed by atoms with van der Waals surface area (Å²) in [5.74, 6) is -3.50. The lowest BCUT2D eigenvalue weighted by Gasteiger charge is -2.18. The van der Waals surface area contributed by atoms with E-state index in [1.165, 1.54) is 0 Å². The van der Waals surface area contributed by atoms with Gasteiger partial charge in [0.25, 0.3) is 0 Å². The van der Waals surface area contributed by atoms with Gasteiger partial charge in [-0.15, -0.1) is 0 Å². The molecule has 1 fully saturated rings. The molecule has 1 aliphatic heterocycles. The summed E-state index contributed by atoms with van der Waals surface area (Å²) >= 11 is 0. The van der Waals surface area contributed by atoms with E-state index < -0.39 is 24.0 Å². The highest BCUT2D eigenvalue weighted by Gasteiger charge is 2.38.